The molecule has 3 nitrogen and oxygen atoms in total. The van der Waals surface area contributed by atoms with Gasteiger partial charge in [-0.15, -0.1) is 0 Å². The Kier molecular flexibility index (Phi) is 3.86. The van der Waals surface area contributed by atoms with Crippen molar-refractivity contribution in [1.29, 1.82) is 0 Å². The number of hydrogen-bond donors (Lipinski definition) is 0. The first-order valence-electron chi connectivity index (χ1n) is 5.10. The van der Waals surface area contributed by atoms with Gasteiger partial charge in [-0.05, 0) is 5.56 Å². The number of Topliss-reactive ketones (excluding diaryl/α,β-unsaturated/α-hetero) is 1. The molecule has 88 valence electrons. The zero-order valence-electron chi connectivity index (χ0n) is 9.73. The van der Waals surface area contributed by atoms with Crippen molar-refractivity contribution in [1.82, 2.24) is 0 Å². The normalized spacial score (nSPS) is 11.8. The van der Waals surface area contributed by atoms with Crippen LogP contribution in [0.5, 0.6) is 0 Å². The van der Waals surface area contributed by atoms with E-state index >= 15 is 0 Å². The number of ketones is 1. The lowest BCUT2D eigenvalue weighted by atomic mass is 10.0. The number of benzene rings is 1. The average Bonchev–Trinajstić information content (AvgIpc) is 2.15. The van der Waals surface area contributed by atoms with Gasteiger partial charge in [-0.2, -0.15) is 0 Å². The molecular formula is C12H16O3S. The van der Waals surface area contributed by atoms with Crippen molar-refractivity contribution in [2.24, 2.45) is 5.92 Å². The Balaban J connectivity index is 2.88. The molecule has 0 aliphatic heterocycles. The highest BCUT2D eigenvalue weighted by Gasteiger charge is 2.10. The van der Waals surface area contributed by atoms with Crippen LogP contribution in [0.3, 0.4) is 0 Å². The molecule has 0 radical (unpaired) electrons. The van der Waals surface area contributed by atoms with Crippen LogP contribution in [0, 0.1) is 5.92 Å². The molecule has 0 aliphatic rings. The molecule has 0 saturated heterocycles. The maximum absolute atomic E-state index is 11.6. The molecule has 0 aliphatic carbocycles. The molecule has 0 fully saturated rings. The van der Waals surface area contributed by atoms with Gasteiger partial charge in [-0.1, -0.05) is 38.1 Å². The van der Waals surface area contributed by atoms with Crippen molar-refractivity contribution in [2.75, 3.05) is 6.26 Å². The molecule has 1 rings (SSSR count). The second kappa shape index (κ2) is 4.78. The Labute approximate surface area is 96.4 Å². The topological polar surface area (TPSA) is 51.2 Å². The molecule has 0 N–H and O–H groups in total. The molecular weight excluding hydrogens is 224 g/mol. The lowest BCUT2D eigenvalue weighted by Gasteiger charge is -2.05. The maximum Gasteiger partial charge on any atom is 0.165 e. The van der Waals surface area contributed by atoms with E-state index in [1.807, 2.05) is 13.8 Å². The minimum atomic E-state index is -3.01. The van der Waals surface area contributed by atoms with Crippen LogP contribution in [-0.2, 0) is 15.6 Å². The van der Waals surface area contributed by atoms with E-state index in [-0.39, 0.29) is 17.5 Å². The summed E-state index contributed by atoms with van der Waals surface area (Å²) in [5, 5.41) is 0. The van der Waals surface area contributed by atoms with Crippen LogP contribution in [0.15, 0.2) is 24.3 Å². The standard InChI is InChI=1S/C12H16O3S/c1-9(2)12(13)11-6-4-10(5-7-11)8-16(3,14)15/h4-7,9H,8H2,1-3H3. The van der Waals surface area contributed by atoms with Gasteiger partial charge in [0.25, 0.3) is 0 Å². The van der Waals surface area contributed by atoms with E-state index < -0.39 is 9.84 Å². The first-order chi connectivity index (χ1) is 7.29. The summed E-state index contributed by atoms with van der Waals surface area (Å²) >= 11 is 0. The van der Waals surface area contributed by atoms with E-state index in [1.165, 1.54) is 6.26 Å². The van der Waals surface area contributed by atoms with Gasteiger partial charge in [0.05, 0.1) is 5.75 Å². The highest BCUT2D eigenvalue weighted by atomic mass is 32.2. The van der Waals surface area contributed by atoms with Gasteiger partial charge in [0.1, 0.15) is 0 Å². The Bertz CT molecular complexity index is 469. The Morgan fingerprint density at radius 1 is 1.19 bits per heavy atom. The summed E-state index contributed by atoms with van der Waals surface area (Å²) in [6, 6.07) is 6.75. The van der Waals surface area contributed by atoms with Crippen LogP contribution in [0.4, 0.5) is 0 Å². The number of sulfone groups is 1. The maximum atomic E-state index is 11.6. The lowest BCUT2D eigenvalue weighted by molar-refractivity contribution is 0.0939. The zero-order chi connectivity index (χ0) is 12.3. The van der Waals surface area contributed by atoms with Crippen LogP contribution >= 0.6 is 0 Å². The van der Waals surface area contributed by atoms with Crippen molar-refractivity contribution >= 4 is 15.6 Å². The van der Waals surface area contributed by atoms with Gasteiger partial charge in [-0.3, -0.25) is 4.79 Å². The van der Waals surface area contributed by atoms with Crippen molar-refractivity contribution in [3.8, 4) is 0 Å². The van der Waals surface area contributed by atoms with Crippen molar-refractivity contribution in [3.05, 3.63) is 35.4 Å². The second-order valence-corrected chi connectivity index (χ2v) is 6.43. The third-order valence-corrected chi connectivity index (χ3v) is 3.05. The van der Waals surface area contributed by atoms with E-state index in [4.69, 9.17) is 0 Å². The predicted octanol–water partition coefficient (Wildman–Crippen LogP) is 2.07. The van der Waals surface area contributed by atoms with E-state index in [9.17, 15) is 13.2 Å². The van der Waals surface area contributed by atoms with E-state index in [0.717, 1.165) is 0 Å². The van der Waals surface area contributed by atoms with Crippen molar-refractivity contribution in [2.45, 2.75) is 19.6 Å². The fourth-order valence-electron chi connectivity index (χ4n) is 1.40. The summed E-state index contributed by atoms with van der Waals surface area (Å²) < 4.78 is 22.1. The number of carbonyl (C=O) groups excluding carboxylic acids is 1. The summed E-state index contributed by atoms with van der Waals surface area (Å²) in [6.45, 7) is 3.68. The number of rotatable bonds is 4. The molecule has 0 amide bonds. The summed E-state index contributed by atoms with van der Waals surface area (Å²) in [7, 11) is -3.01. The smallest absolute Gasteiger partial charge is 0.165 e. The molecule has 0 saturated carbocycles. The predicted molar refractivity (Wildman–Crippen MR) is 64.2 cm³/mol. The molecule has 0 bridgehead atoms. The van der Waals surface area contributed by atoms with Crippen LogP contribution in [0.25, 0.3) is 0 Å². The van der Waals surface area contributed by atoms with Crippen LogP contribution in [0.1, 0.15) is 29.8 Å². The first-order valence-corrected chi connectivity index (χ1v) is 7.16. The molecule has 1 aromatic carbocycles. The molecule has 1 aromatic rings. The highest BCUT2D eigenvalue weighted by molar-refractivity contribution is 7.89. The largest absolute Gasteiger partial charge is 0.294 e. The highest BCUT2D eigenvalue weighted by Crippen LogP contribution is 2.11. The van der Waals surface area contributed by atoms with E-state index in [0.29, 0.717) is 11.1 Å². The molecule has 16 heavy (non-hydrogen) atoms. The summed E-state index contributed by atoms with van der Waals surface area (Å²) in [6.07, 6.45) is 1.19. The van der Waals surface area contributed by atoms with Crippen LogP contribution in [-0.4, -0.2) is 20.5 Å². The quantitative estimate of drug-likeness (QED) is 0.757. The summed E-state index contributed by atoms with van der Waals surface area (Å²) in [5.74, 6) is 0.0510. The average molecular weight is 240 g/mol. The second-order valence-electron chi connectivity index (χ2n) is 4.29. The fraction of sp³-hybridized carbons (Fsp3) is 0.417. The minimum absolute atomic E-state index is 0.0170. The summed E-state index contributed by atoms with van der Waals surface area (Å²) in [5.41, 5.74) is 1.34. The zero-order valence-corrected chi connectivity index (χ0v) is 10.5. The molecule has 0 aromatic heterocycles. The summed E-state index contributed by atoms with van der Waals surface area (Å²) in [4.78, 5) is 11.6. The van der Waals surface area contributed by atoms with Gasteiger partial charge in [0.15, 0.2) is 15.6 Å². The van der Waals surface area contributed by atoms with Crippen molar-refractivity contribution < 1.29 is 13.2 Å². The van der Waals surface area contributed by atoms with Gasteiger partial charge in [0.2, 0.25) is 0 Å². The first kappa shape index (κ1) is 12.9. The Morgan fingerprint density at radius 2 is 1.69 bits per heavy atom. The van der Waals surface area contributed by atoms with E-state index in [2.05, 4.69) is 0 Å². The van der Waals surface area contributed by atoms with Gasteiger partial charge >= 0.3 is 0 Å². The number of hydrogen-bond acceptors (Lipinski definition) is 3. The molecule has 0 heterocycles. The Morgan fingerprint density at radius 3 is 2.06 bits per heavy atom. The molecule has 4 heteroatoms. The van der Waals surface area contributed by atoms with Gasteiger partial charge < -0.3 is 0 Å². The van der Waals surface area contributed by atoms with Gasteiger partial charge in [-0.25, -0.2) is 8.42 Å². The molecule has 0 spiro atoms. The Hall–Kier alpha value is -1.16. The number of carbonyl (C=O) groups is 1. The van der Waals surface area contributed by atoms with Crippen LogP contribution in [0.2, 0.25) is 0 Å². The SMILES string of the molecule is CC(C)C(=O)c1ccc(CS(C)(=O)=O)cc1. The minimum Gasteiger partial charge on any atom is -0.294 e. The molecule has 0 unspecified atom stereocenters. The molecule has 0 atom stereocenters. The van der Waals surface area contributed by atoms with Gasteiger partial charge in [0, 0.05) is 17.7 Å². The third kappa shape index (κ3) is 3.77. The van der Waals surface area contributed by atoms with E-state index in [1.54, 1.807) is 24.3 Å². The lowest BCUT2D eigenvalue weighted by Crippen LogP contribution is -2.07. The third-order valence-electron chi connectivity index (χ3n) is 2.19. The fourth-order valence-corrected chi connectivity index (χ4v) is 2.20. The monoisotopic (exact) mass is 240 g/mol. The van der Waals surface area contributed by atoms with Crippen LogP contribution < -0.4 is 0 Å². The van der Waals surface area contributed by atoms with Crippen molar-refractivity contribution in [3.63, 3.8) is 0 Å².